The molecule has 2 aromatic carbocycles. The second-order valence-corrected chi connectivity index (χ2v) is 7.18. The third-order valence-electron chi connectivity index (χ3n) is 5.08. The molecule has 0 aromatic heterocycles. The Morgan fingerprint density at radius 3 is 2.32 bits per heavy atom. The maximum atomic E-state index is 13.6. The number of piperazine rings is 1. The molecule has 1 atom stereocenters. The first-order chi connectivity index (χ1) is 13.4. The van der Waals surface area contributed by atoms with Gasteiger partial charge in [-0.2, -0.15) is 0 Å². The number of nitrogens with two attached hydrogens (primary N) is 1. The summed E-state index contributed by atoms with van der Waals surface area (Å²) in [4.78, 5) is 10.8. The number of guanidine groups is 1. The van der Waals surface area contributed by atoms with Crippen LogP contribution in [0.25, 0.3) is 0 Å². The molecule has 3 rings (SSSR count). The van der Waals surface area contributed by atoms with Crippen LogP contribution in [0.15, 0.2) is 53.5 Å². The molecule has 0 amide bonds. The van der Waals surface area contributed by atoms with Gasteiger partial charge >= 0.3 is 0 Å². The van der Waals surface area contributed by atoms with Gasteiger partial charge in [0.05, 0.1) is 12.6 Å². The van der Waals surface area contributed by atoms with Gasteiger partial charge in [-0.1, -0.05) is 12.1 Å². The molecule has 1 aliphatic heterocycles. The van der Waals surface area contributed by atoms with Gasteiger partial charge in [-0.25, -0.2) is 8.78 Å². The summed E-state index contributed by atoms with van der Waals surface area (Å²) in [5, 5.41) is 0. The lowest BCUT2D eigenvalue weighted by molar-refractivity contribution is 0.303. The predicted molar refractivity (Wildman–Crippen MR) is 110 cm³/mol. The molecule has 2 N–H and O–H groups in total. The van der Waals surface area contributed by atoms with Gasteiger partial charge in [-0.3, -0.25) is 4.99 Å². The first kappa shape index (κ1) is 20.1. The zero-order valence-electron chi connectivity index (χ0n) is 16.4. The van der Waals surface area contributed by atoms with Crippen molar-refractivity contribution in [1.82, 2.24) is 9.80 Å². The Labute approximate surface area is 165 Å². The normalized spacial score (nSPS) is 16.5. The Hall–Kier alpha value is -2.67. The number of aliphatic imine (C=N–C) groups is 1. The van der Waals surface area contributed by atoms with Crippen LogP contribution in [0.3, 0.4) is 0 Å². The summed E-state index contributed by atoms with van der Waals surface area (Å²) < 4.78 is 26.7. The Morgan fingerprint density at radius 2 is 1.71 bits per heavy atom. The minimum absolute atomic E-state index is 0.0465. The molecular weight excluding hydrogens is 360 g/mol. The summed E-state index contributed by atoms with van der Waals surface area (Å²) in [5.41, 5.74) is 8.11. The Balaban J connectivity index is 1.59. The fourth-order valence-corrected chi connectivity index (χ4v) is 3.41. The lowest BCUT2D eigenvalue weighted by atomic mass is 10.1. The van der Waals surface area contributed by atoms with E-state index in [2.05, 4.69) is 14.8 Å². The summed E-state index contributed by atoms with van der Waals surface area (Å²) in [6, 6.07) is 13.1. The van der Waals surface area contributed by atoms with E-state index in [0.29, 0.717) is 12.5 Å². The molecule has 2 aromatic rings. The van der Waals surface area contributed by atoms with E-state index in [1.54, 1.807) is 18.2 Å². The van der Waals surface area contributed by atoms with E-state index in [4.69, 9.17) is 5.73 Å². The van der Waals surface area contributed by atoms with Crippen LogP contribution >= 0.6 is 0 Å². The highest BCUT2D eigenvalue weighted by molar-refractivity contribution is 5.78. The van der Waals surface area contributed by atoms with E-state index in [1.807, 2.05) is 25.1 Å². The fourth-order valence-electron chi connectivity index (χ4n) is 3.41. The highest BCUT2D eigenvalue weighted by Gasteiger charge is 2.20. The van der Waals surface area contributed by atoms with Crippen molar-refractivity contribution >= 4 is 11.6 Å². The number of benzene rings is 2. The van der Waals surface area contributed by atoms with Gasteiger partial charge < -0.3 is 20.4 Å². The van der Waals surface area contributed by atoms with E-state index in [0.717, 1.165) is 37.4 Å². The highest BCUT2D eigenvalue weighted by Crippen LogP contribution is 2.20. The first-order valence-corrected chi connectivity index (χ1v) is 9.41. The summed E-state index contributed by atoms with van der Waals surface area (Å²) in [7, 11) is 3.89. The number of likely N-dealkylation sites (N-methyl/N-ethyl adjacent to an activating group) is 1. The van der Waals surface area contributed by atoms with Crippen LogP contribution in [0, 0.1) is 11.6 Å². The highest BCUT2D eigenvalue weighted by atomic mass is 19.1. The Bertz CT molecular complexity index is 799. The van der Waals surface area contributed by atoms with Crippen molar-refractivity contribution in [3.8, 4) is 0 Å². The Morgan fingerprint density at radius 1 is 1.04 bits per heavy atom. The summed E-state index contributed by atoms with van der Waals surface area (Å²) in [6.07, 6.45) is 0. The number of hydrogen-bond acceptors (Lipinski definition) is 3. The largest absolute Gasteiger partial charge is 0.370 e. The lowest BCUT2D eigenvalue weighted by Gasteiger charge is -2.36. The molecule has 1 heterocycles. The number of rotatable bonds is 5. The molecule has 1 unspecified atom stereocenters. The number of halogens is 2. The SMILES string of the molecule is CN(C)C(CN=C(N)N1CCN(c2ccc(F)cc2)CC1)c1cccc(F)c1. The molecule has 5 nitrogen and oxygen atoms in total. The van der Waals surface area contributed by atoms with Crippen molar-refractivity contribution in [1.29, 1.82) is 0 Å². The lowest BCUT2D eigenvalue weighted by Crippen LogP contribution is -2.51. The maximum Gasteiger partial charge on any atom is 0.191 e. The summed E-state index contributed by atoms with van der Waals surface area (Å²) >= 11 is 0. The smallest absolute Gasteiger partial charge is 0.191 e. The van der Waals surface area contributed by atoms with E-state index >= 15 is 0 Å². The standard InChI is InChI=1S/C21H27F2N5/c1-26(2)20(16-4-3-5-18(23)14-16)15-25-21(24)28-12-10-27(11-13-28)19-8-6-17(22)7-9-19/h3-9,14,20H,10-13,15H2,1-2H3,(H2,24,25). The van der Waals surface area contributed by atoms with Gasteiger partial charge in [0.25, 0.3) is 0 Å². The second-order valence-electron chi connectivity index (χ2n) is 7.18. The Kier molecular flexibility index (Phi) is 6.46. The van der Waals surface area contributed by atoms with Gasteiger partial charge in [0.2, 0.25) is 0 Å². The molecule has 0 spiro atoms. The van der Waals surface area contributed by atoms with Gasteiger partial charge in [-0.15, -0.1) is 0 Å². The minimum atomic E-state index is -0.252. The topological polar surface area (TPSA) is 48.1 Å². The van der Waals surface area contributed by atoms with Crippen LogP contribution in [-0.2, 0) is 0 Å². The molecule has 0 radical (unpaired) electrons. The van der Waals surface area contributed by atoms with Gasteiger partial charge in [0, 0.05) is 31.9 Å². The number of hydrogen-bond donors (Lipinski definition) is 1. The predicted octanol–water partition coefficient (Wildman–Crippen LogP) is 2.70. The molecule has 1 aliphatic rings. The molecule has 1 fully saturated rings. The maximum absolute atomic E-state index is 13.6. The van der Waals surface area contributed by atoms with Gasteiger partial charge in [0.15, 0.2) is 5.96 Å². The zero-order chi connectivity index (χ0) is 20.1. The minimum Gasteiger partial charge on any atom is -0.370 e. The van der Waals surface area contributed by atoms with Crippen molar-refractivity contribution < 1.29 is 8.78 Å². The van der Waals surface area contributed by atoms with E-state index in [-0.39, 0.29) is 17.7 Å². The van der Waals surface area contributed by atoms with Crippen LogP contribution in [0.4, 0.5) is 14.5 Å². The summed E-state index contributed by atoms with van der Waals surface area (Å²) in [6.45, 7) is 3.55. The third kappa shape index (κ3) is 4.98. The van der Waals surface area contributed by atoms with E-state index in [1.165, 1.54) is 24.3 Å². The van der Waals surface area contributed by atoms with Crippen molar-refractivity contribution in [2.75, 3.05) is 51.7 Å². The number of anilines is 1. The average molecular weight is 387 g/mol. The van der Waals surface area contributed by atoms with Crippen molar-refractivity contribution in [3.63, 3.8) is 0 Å². The van der Waals surface area contributed by atoms with Crippen LogP contribution < -0.4 is 10.6 Å². The third-order valence-corrected chi connectivity index (χ3v) is 5.08. The number of nitrogens with zero attached hydrogens (tertiary/aromatic N) is 4. The van der Waals surface area contributed by atoms with Crippen LogP contribution in [0.1, 0.15) is 11.6 Å². The molecule has 1 saturated heterocycles. The quantitative estimate of drug-likeness (QED) is 0.633. The van der Waals surface area contributed by atoms with Gasteiger partial charge in [0.1, 0.15) is 11.6 Å². The second kappa shape index (κ2) is 9.01. The van der Waals surface area contributed by atoms with Crippen molar-refractivity contribution in [2.45, 2.75) is 6.04 Å². The van der Waals surface area contributed by atoms with Gasteiger partial charge in [-0.05, 0) is 56.1 Å². The monoisotopic (exact) mass is 387 g/mol. The zero-order valence-corrected chi connectivity index (χ0v) is 16.4. The molecule has 7 heteroatoms. The first-order valence-electron chi connectivity index (χ1n) is 9.41. The van der Waals surface area contributed by atoms with Crippen molar-refractivity contribution in [2.24, 2.45) is 10.7 Å². The van der Waals surface area contributed by atoms with Crippen molar-refractivity contribution in [3.05, 3.63) is 65.7 Å². The van der Waals surface area contributed by atoms with Crippen LogP contribution in [0.2, 0.25) is 0 Å². The van der Waals surface area contributed by atoms with E-state index < -0.39 is 0 Å². The molecule has 150 valence electrons. The fraction of sp³-hybridized carbons (Fsp3) is 0.381. The molecule has 0 bridgehead atoms. The van der Waals surface area contributed by atoms with Crippen LogP contribution in [0.5, 0.6) is 0 Å². The van der Waals surface area contributed by atoms with E-state index in [9.17, 15) is 8.78 Å². The molecule has 0 aliphatic carbocycles. The van der Waals surface area contributed by atoms with Crippen LogP contribution in [-0.4, -0.2) is 62.6 Å². The summed E-state index contributed by atoms with van der Waals surface area (Å²) in [5.74, 6) is 0.0210. The molecular formula is C21H27F2N5. The average Bonchev–Trinajstić information content (AvgIpc) is 2.68. The molecule has 0 saturated carbocycles. The molecule has 28 heavy (non-hydrogen) atoms.